The maximum absolute atomic E-state index is 13.9. The Hall–Kier alpha value is -2.73. The molecule has 2 aliphatic rings. The van der Waals surface area contributed by atoms with E-state index in [0.29, 0.717) is 17.3 Å². The van der Waals surface area contributed by atoms with Crippen molar-refractivity contribution in [1.82, 2.24) is 4.98 Å². The van der Waals surface area contributed by atoms with Crippen LogP contribution in [0.1, 0.15) is 29.6 Å². The van der Waals surface area contributed by atoms with Crippen molar-refractivity contribution in [1.29, 1.82) is 0 Å². The Kier molecular flexibility index (Phi) is 3.98. The first-order valence-corrected chi connectivity index (χ1v) is 10.2. The highest BCUT2D eigenvalue weighted by Crippen LogP contribution is 2.49. The third-order valence-electron chi connectivity index (χ3n) is 5.96. The molecule has 1 aliphatic heterocycles. The molecule has 4 nitrogen and oxygen atoms in total. The summed E-state index contributed by atoms with van der Waals surface area (Å²) < 4.78 is 13.9. The van der Waals surface area contributed by atoms with Crippen LogP contribution in [0.5, 0.6) is 5.75 Å². The van der Waals surface area contributed by atoms with Gasteiger partial charge in [0.2, 0.25) is 0 Å². The van der Waals surface area contributed by atoms with Crippen LogP contribution in [0.15, 0.2) is 42.6 Å². The average Bonchev–Trinajstić information content (AvgIpc) is 3.12. The van der Waals surface area contributed by atoms with Crippen molar-refractivity contribution in [3.63, 3.8) is 0 Å². The summed E-state index contributed by atoms with van der Waals surface area (Å²) in [6.07, 6.45) is 6.23. The number of carbonyl (C=O) groups is 1. The van der Waals surface area contributed by atoms with E-state index in [0.717, 1.165) is 15.4 Å². The largest absolute Gasteiger partial charge is 0.504 e. The Balaban J connectivity index is 1.36. The van der Waals surface area contributed by atoms with Gasteiger partial charge in [-0.1, -0.05) is 6.42 Å². The summed E-state index contributed by atoms with van der Waals surface area (Å²) in [6.45, 7) is 2.33. The van der Waals surface area contributed by atoms with Crippen LogP contribution in [-0.4, -0.2) is 29.5 Å². The molecule has 2 fully saturated rings. The smallest absolute Gasteiger partial charge is 0.166 e. The van der Waals surface area contributed by atoms with Crippen molar-refractivity contribution in [2.24, 2.45) is 5.41 Å². The quantitative estimate of drug-likeness (QED) is 0.624. The molecular weight excluding hydrogens is 375 g/mol. The highest BCUT2D eigenvalue weighted by molar-refractivity contribution is 7.18. The lowest BCUT2D eigenvalue weighted by Crippen LogP contribution is -2.59. The van der Waals surface area contributed by atoms with E-state index in [4.69, 9.17) is 0 Å². The molecule has 5 rings (SSSR count). The van der Waals surface area contributed by atoms with E-state index in [1.165, 1.54) is 61.5 Å². The van der Waals surface area contributed by atoms with Crippen LogP contribution in [0.4, 0.5) is 10.1 Å². The van der Waals surface area contributed by atoms with Gasteiger partial charge in [0, 0.05) is 36.0 Å². The Labute approximate surface area is 166 Å². The number of rotatable bonds is 4. The van der Waals surface area contributed by atoms with Gasteiger partial charge in [-0.15, -0.1) is 11.3 Å². The number of aromatic hydroxyl groups is 1. The van der Waals surface area contributed by atoms with Crippen molar-refractivity contribution >= 4 is 23.3 Å². The Morgan fingerprint density at radius 3 is 2.54 bits per heavy atom. The van der Waals surface area contributed by atoms with Crippen LogP contribution in [0.25, 0.3) is 21.0 Å². The van der Waals surface area contributed by atoms with Gasteiger partial charge in [0.25, 0.3) is 0 Å². The number of aromatic nitrogens is 1. The van der Waals surface area contributed by atoms with Crippen LogP contribution >= 0.6 is 11.3 Å². The molecule has 3 aromatic rings. The molecule has 28 heavy (non-hydrogen) atoms. The molecule has 1 saturated heterocycles. The molecule has 1 aromatic heterocycles. The fourth-order valence-corrected chi connectivity index (χ4v) is 5.06. The minimum absolute atomic E-state index is 0.0620. The molecule has 1 spiro atoms. The number of halogens is 1. The second kappa shape index (κ2) is 6.41. The molecule has 1 saturated carbocycles. The van der Waals surface area contributed by atoms with E-state index in [1.807, 2.05) is 0 Å². The number of hydrogen-bond acceptors (Lipinski definition) is 5. The maximum Gasteiger partial charge on any atom is 0.166 e. The second-order valence-electron chi connectivity index (χ2n) is 7.80. The highest BCUT2D eigenvalue weighted by Gasteiger charge is 2.47. The summed E-state index contributed by atoms with van der Waals surface area (Å²) >= 11 is 1.43. The molecule has 0 bridgehead atoms. The normalized spacial score (nSPS) is 17.2. The summed E-state index contributed by atoms with van der Waals surface area (Å²) in [5, 5.41) is 10.4. The van der Waals surface area contributed by atoms with Crippen LogP contribution in [0.3, 0.4) is 0 Å². The van der Waals surface area contributed by atoms with Crippen LogP contribution in [0.2, 0.25) is 0 Å². The summed E-state index contributed by atoms with van der Waals surface area (Å²) in [5.74, 6) is -1.42. The van der Waals surface area contributed by atoms with E-state index >= 15 is 0 Å². The van der Waals surface area contributed by atoms with Crippen molar-refractivity contribution in [2.45, 2.75) is 19.3 Å². The SMILES string of the molecule is O=Cc1cc(-c2cnc(-c3ccc(N4CC5(CCC5)C4)cc3)s2)cc(F)c1O. The lowest BCUT2D eigenvalue weighted by molar-refractivity contribution is 0.0904. The van der Waals surface area contributed by atoms with Gasteiger partial charge in [0.1, 0.15) is 5.01 Å². The molecule has 1 aliphatic carbocycles. The number of phenolic OH excluding ortho intramolecular Hbond substituents is 1. The first-order chi connectivity index (χ1) is 13.6. The molecule has 6 heteroatoms. The molecule has 0 unspecified atom stereocenters. The fourth-order valence-electron chi connectivity index (χ4n) is 4.15. The number of aldehydes is 1. The molecule has 2 heterocycles. The first kappa shape index (κ1) is 17.4. The van der Waals surface area contributed by atoms with Gasteiger partial charge in [0.15, 0.2) is 17.9 Å². The monoisotopic (exact) mass is 394 g/mol. The van der Waals surface area contributed by atoms with Gasteiger partial charge in [0.05, 0.1) is 10.4 Å². The summed E-state index contributed by atoms with van der Waals surface area (Å²) in [4.78, 5) is 18.7. The van der Waals surface area contributed by atoms with Crippen LogP contribution < -0.4 is 4.90 Å². The Morgan fingerprint density at radius 1 is 1.14 bits per heavy atom. The van der Waals surface area contributed by atoms with E-state index < -0.39 is 11.6 Å². The number of anilines is 1. The average molecular weight is 394 g/mol. The topological polar surface area (TPSA) is 53.4 Å². The standard InChI is InChI=1S/C22H19FN2O2S/c23-18-9-15(8-16(11-26)20(18)27)19-10-24-21(28-19)14-2-4-17(5-3-14)25-12-22(13-25)6-1-7-22/h2-5,8-11,27H,1,6-7,12-13H2. The predicted molar refractivity (Wildman–Crippen MR) is 108 cm³/mol. The van der Waals surface area contributed by atoms with E-state index in [2.05, 4.69) is 34.1 Å². The first-order valence-electron chi connectivity index (χ1n) is 9.36. The van der Waals surface area contributed by atoms with Gasteiger partial charge in [-0.2, -0.15) is 0 Å². The highest BCUT2D eigenvalue weighted by atomic mass is 32.1. The Bertz CT molecular complexity index is 1050. The van der Waals surface area contributed by atoms with Gasteiger partial charge >= 0.3 is 0 Å². The maximum atomic E-state index is 13.9. The summed E-state index contributed by atoms with van der Waals surface area (Å²) in [7, 11) is 0. The number of benzene rings is 2. The van der Waals surface area contributed by atoms with E-state index in [1.54, 1.807) is 6.20 Å². The number of hydrogen-bond donors (Lipinski definition) is 1. The third-order valence-corrected chi connectivity index (χ3v) is 7.05. The zero-order chi connectivity index (χ0) is 19.3. The van der Waals surface area contributed by atoms with Crippen molar-refractivity contribution < 1.29 is 14.3 Å². The van der Waals surface area contributed by atoms with Gasteiger partial charge in [-0.05, 0) is 54.8 Å². The number of thiazole rings is 1. The van der Waals surface area contributed by atoms with E-state index in [-0.39, 0.29) is 5.56 Å². The van der Waals surface area contributed by atoms with Crippen molar-refractivity contribution in [2.75, 3.05) is 18.0 Å². The third kappa shape index (κ3) is 2.79. The molecule has 0 amide bonds. The fraction of sp³-hybridized carbons (Fsp3) is 0.273. The molecule has 0 radical (unpaired) electrons. The molecular formula is C22H19FN2O2S. The van der Waals surface area contributed by atoms with E-state index in [9.17, 15) is 14.3 Å². The van der Waals surface area contributed by atoms with Crippen molar-refractivity contribution in [3.8, 4) is 26.8 Å². The molecule has 2 aromatic carbocycles. The molecule has 1 N–H and O–H groups in total. The Morgan fingerprint density at radius 2 is 1.89 bits per heavy atom. The lowest BCUT2D eigenvalue weighted by Gasteiger charge is -2.57. The lowest BCUT2D eigenvalue weighted by atomic mass is 9.63. The summed E-state index contributed by atoms with van der Waals surface area (Å²) in [6, 6.07) is 11.1. The minimum Gasteiger partial charge on any atom is -0.504 e. The minimum atomic E-state index is -0.808. The van der Waals surface area contributed by atoms with Crippen LogP contribution in [-0.2, 0) is 0 Å². The second-order valence-corrected chi connectivity index (χ2v) is 8.83. The summed E-state index contributed by atoms with van der Waals surface area (Å²) in [5.41, 5.74) is 3.32. The number of carbonyl (C=O) groups excluding carboxylic acids is 1. The number of nitrogens with zero attached hydrogens (tertiary/aromatic N) is 2. The number of phenols is 1. The predicted octanol–water partition coefficient (Wildman–Crippen LogP) is 5.12. The van der Waals surface area contributed by atoms with Crippen molar-refractivity contribution in [3.05, 3.63) is 54.0 Å². The van der Waals surface area contributed by atoms with Gasteiger partial charge < -0.3 is 10.0 Å². The van der Waals surface area contributed by atoms with Gasteiger partial charge in [-0.3, -0.25) is 4.79 Å². The zero-order valence-electron chi connectivity index (χ0n) is 15.2. The zero-order valence-corrected chi connectivity index (χ0v) is 16.0. The molecule has 0 atom stereocenters. The van der Waals surface area contributed by atoms with Crippen LogP contribution in [0, 0.1) is 11.2 Å². The van der Waals surface area contributed by atoms with Gasteiger partial charge in [-0.25, -0.2) is 9.37 Å². The molecule has 142 valence electrons.